The normalized spacial score (nSPS) is 11.3. The molecule has 0 bridgehead atoms. The van der Waals surface area contributed by atoms with Crippen LogP contribution in [0.15, 0.2) is 65.4 Å². The third-order valence-electron chi connectivity index (χ3n) is 3.82. The molecule has 0 N–H and O–H groups in total. The van der Waals surface area contributed by atoms with Crippen LogP contribution in [-0.4, -0.2) is 21.1 Å². The quantitative estimate of drug-likeness (QED) is 0.686. The molecule has 0 fully saturated rings. The summed E-state index contributed by atoms with van der Waals surface area (Å²) in [6, 6.07) is 16.6. The van der Waals surface area contributed by atoms with Crippen molar-refractivity contribution in [2.75, 3.05) is 0 Å². The first-order valence-corrected chi connectivity index (χ1v) is 7.86. The number of rotatable bonds is 6. The standard InChI is InChI=1S/C19H21N3O/c1-15(2)22(13-16-7-6-10-20-12-16)14-18-11-19(23-21-18)17-8-4-3-5-9-17/h3-12,15H,13-14H2,1-2H3. The molecule has 0 amide bonds. The van der Waals surface area contributed by atoms with Gasteiger partial charge in [0.05, 0.1) is 5.69 Å². The molecule has 23 heavy (non-hydrogen) atoms. The highest BCUT2D eigenvalue weighted by atomic mass is 16.5. The maximum atomic E-state index is 5.49. The summed E-state index contributed by atoms with van der Waals surface area (Å²) in [5.74, 6) is 0.811. The van der Waals surface area contributed by atoms with Gasteiger partial charge < -0.3 is 4.52 Å². The van der Waals surface area contributed by atoms with Crippen molar-refractivity contribution in [1.82, 2.24) is 15.0 Å². The van der Waals surface area contributed by atoms with Crippen molar-refractivity contribution in [1.29, 1.82) is 0 Å². The van der Waals surface area contributed by atoms with Crippen LogP contribution in [0.2, 0.25) is 0 Å². The minimum Gasteiger partial charge on any atom is -0.356 e. The van der Waals surface area contributed by atoms with Crippen molar-refractivity contribution >= 4 is 0 Å². The van der Waals surface area contributed by atoms with Crippen LogP contribution in [0.4, 0.5) is 0 Å². The predicted molar refractivity (Wildman–Crippen MR) is 90.6 cm³/mol. The first-order valence-electron chi connectivity index (χ1n) is 7.86. The Bertz CT molecular complexity index is 723. The van der Waals surface area contributed by atoms with E-state index in [1.807, 2.05) is 48.7 Å². The van der Waals surface area contributed by atoms with Crippen LogP contribution in [0.3, 0.4) is 0 Å². The molecule has 3 rings (SSSR count). The Kier molecular flexibility index (Phi) is 4.83. The van der Waals surface area contributed by atoms with E-state index < -0.39 is 0 Å². The molecule has 0 saturated heterocycles. The van der Waals surface area contributed by atoms with Gasteiger partial charge in [0.25, 0.3) is 0 Å². The van der Waals surface area contributed by atoms with Crippen LogP contribution in [0.5, 0.6) is 0 Å². The van der Waals surface area contributed by atoms with Crippen LogP contribution >= 0.6 is 0 Å². The zero-order valence-electron chi connectivity index (χ0n) is 13.5. The van der Waals surface area contributed by atoms with Crippen molar-refractivity contribution < 1.29 is 4.52 Å². The highest BCUT2D eigenvalue weighted by Gasteiger charge is 2.14. The molecule has 0 radical (unpaired) electrons. The Morgan fingerprint density at radius 3 is 2.57 bits per heavy atom. The third kappa shape index (κ3) is 4.05. The molecule has 4 nitrogen and oxygen atoms in total. The van der Waals surface area contributed by atoms with E-state index in [0.717, 1.165) is 30.1 Å². The van der Waals surface area contributed by atoms with E-state index in [1.165, 1.54) is 5.56 Å². The lowest BCUT2D eigenvalue weighted by atomic mass is 10.1. The fourth-order valence-corrected chi connectivity index (χ4v) is 2.48. The molecule has 0 aliphatic rings. The largest absolute Gasteiger partial charge is 0.356 e. The highest BCUT2D eigenvalue weighted by Crippen LogP contribution is 2.21. The lowest BCUT2D eigenvalue weighted by Gasteiger charge is -2.25. The molecule has 1 aromatic carbocycles. The summed E-state index contributed by atoms with van der Waals surface area (Å²) in [4.78, 5) is 6.54. The molecule has 2 aromatic heterocycles. The second-order valence-electron chi connectivity index (χ2n) is 5.91. The van der Waals surface area contributed by atoms with Gasteiger partial charge in [-0.05, 0) is 25.5 Å². The predicted octanol–water partition coefficient (Wildman–Crippen LogP) is 4.15. The maximum Gasteiger partial charge on any atom is 0.167 e. The van der Waals surface area contributed by atoms with Crippen LogP contribution in [0, 0.1) is 0 Å². The second kappa shape index (κ2) is 7.20. The first-order chi connectivity index (χ1) is 11.2. The van der Waals surface area contributed by atoms with Crippen LogP contribution in [0.25, 0.3) is 11.3 Å². The smallest absolute Gasteiger partial charge is 0.167 e. The van der Waals surface area contributed by atoms with E-state index in [2.05, 4.69) is 35.0 Å². The number of benzene rings is 1. The van der Waals surface area contributed by atoms with E-state index in [9.17, 15) is 0 Å². The van der Waals surface area contributed by atoms with Gasteiger partial charge in [-0.15, -0.1) is 0 Å². The fraction of sp³-hybridized carbons (Fsp3) is 0.263. The van der Waals surface area contributed by atoms with Crippen molar-refractivity contribution in [2.45, 2.75) is 33.0 Å². The van der Waals surface area contributed by atoms with E-state index in [0.29, 0.717) is 6.04 Å². The first kappa shape index (κ1) is 15.4. The van der Waals surface area contributed by atoms with Gasteiger partial charge in [0.2, 0.25) is 0 Å². The number of aromatic nitrogens is 2. The molecular formula is C19H21N3O. The summed E-state index contributed by atoms with van der Waals surface area (Å²) >= 11 is 0. The minimum atomic E-state index is 0.409. The number of pyridine rings is 1. The van der Waals surface area contributed by atoms with Gasteiger partial charge in [0.15, 0.2) is 5.76 Å². The van der Waals surface area contributed by atoms with E-state index in [1.54, 1.807) is 6.20 Å². The average molecular weight is 307 g/mol. The molecule has 118 valence electrons. The molecule has 0 aliphatic heterocycles. The summed E-state index contributed by atoms with van der Waals surface area (Å²) in [5, 5.41) is 4.22. The van der Waals surface area contributed by atoms with Gasteiger partial charge in [-0.3, -0.25) is 9.88 Å². The zero-order valence-corrected chi connectivity index (χ0v) is 13.5. The second-order valence-corrected chi connectivity index (χ2v) is 5.91. The third-order valence-corrected chi connectivity index (χ3v) is 3.82. The van der Waals surface area contributed by atoms with E-state index in [-0.39, 0.29) is 0 Å². The van der Waals surface area contributed by atoms with E-state index >= 15 is 0 Å². The van der Waals surface area contributed by atoms with Crippen LogP contribution < -0.4 is 0 Å². The molecular weight excluding hydrogens is 286 g/mol. The molecule has 2 heterocycles. The summed E-state index contributed by atoms with van der Waals surface area (Å²) in [6.07, 6.45) is 3.71. The fourth-order valence-electron chi connectivity index (χ4n) is 2.48. The summed E-state index contributed by atoms with van der Waals surface area (Å²) in [7, 11) is 0. The Hall–Kier alpha value is -2.46. The molecule has 0 aliphatic carbocycles. The van der Waals surface area contributed by atoms with E-state index in [4.69, 9.17) is 4.52 Å². The zero-order chi connectivity index (χ0) is 16.1. The Morgan fingerprint density at radius 2 is 1.87 bits per heavy atom. The molecule has 3 aromatic rings. The topological polar surface area (TPSA) is 42.2 Å². The number of hydrogen-bond acceptors (Lipinski definition) is 4. The van der Waals surface area contributed by atoms with Crippen LogP contribution in [0.1, 0.15) is 25.1 Å². The Morgan fingerprint density at radius 1 is 1.04 bits per heavy atom. The molecule has 0 unspecified atom stereocenters. The summed E-state index contributed by atoms with van der Waals surface area (Å²) in [6.45, 7) is 5.98. The molecule has 0 saturated carbocycles. The monoisotopic (exact) mass is 307 g/mol. The lowest BCUT2D eigenvalue weighted by molar-refractivity contribution is 0.197. The van der Waals surface area contributed by atoms with Crippen molar-refractivity contribution in [3.8, 4) is 11.3 Å². The summed E-state index contributed by atoms with van der Waals surface area (Å²) < 4.78 is 5.49. The summed E-state index contributed by atoms with van der Waals surface area (Å²) in [5.41, 5.74) is 3.20. The van der Waals surface area contributed by atoms with Gasteiger partial charge >= 0.3 is 0 Å². The van der Waals surface area contributed by atoms with Gasteiger partial charge in [-0.25, -0.2) is 0 Å². The van der Waals surface area contributed by atoms with Crippen LogP contribution in [-0.2, 0) is 13.1 Å². The molecule has 0 spiro atoms. The van der Waals surface area contributed by atoms with Gasteiger partial charge in [0.1, 0.15) is 0 Å². The molecule has 4 heteroatoms. The molecule has 0 atom stereocenters. The average Bonchev–Trinajstić information content (AvgIpc) is 3.04. The van der Waals surface area contributed by atoms with Crippen molar-refractivity contribution in [2.24, 2.45) is 0 Å². The minimum absolute atomic E-state index is 0.409. The lowest BCUT2D eigenvalue weighted by Crippen LogP contribution is -2.30. The Balaban J connectivity index is 1.72. The number of hydrogen-bond donors (Lipinski definition) is 0. The van der Waals surface area contributed by atoms with Gasteiger partial charge in [-0.1, -0.05) is 41.6 Å². The maximum absolute atomic E-state index is 5.49. The Labute approximate surface area is 136 Å². The SMILES string of the molecule is CC(C)N(Cc1cccnc1)Cc1cc(-c2ccccc2)on1. The van der Waals surface area contributed by atoms with Crippen molar-refractivity contribution in [3.05, 3.63) is 72.2 Å². The van der Waals surface area contributed by atoms with Crippen molar-refractivity contribution in [3.63, 3.8) is 0 Å². The van der Waals surface area contributed by atoms with Gasteiger partial charge in [-0.2, -0.15) is 0 Å². The van der Waals surface area contributed by atoms with Gasteiger partial charge in [0, 0.05) is 43.2 Å². The number of nitrogens with zero attached hydrogens (tertiary/aromatic N) is 3. The highest BCUT2D eigenvalue weighted by molar-refractivity contribution is 5.56.